The first-order chi connectivity index (χ1) is 14.5. The Morgan fingerprint density at radius 3 is 2.61 bits per heavy atom. The smallest absolute Gasteiger partial charge is 0.311 e. The number of fused-ring (bicyclic) bond motifs is 1. The molecule has 174 valence electrons. The van der Waals surface area contributed by atoms with Crippen LogP contribution in [-0.2, 0) is 19.1 Å². The van der Waals surface area contributed by atoms with E-state index in [1.54, 1.807) is 0 Å². The number of carbonyl (C=O) groups excluding carboxylic acids is 2. The number of hydrogen-bond acceptors (Lipinski definition) is 5. The van der Waals surface area contributed by atoms with Gasteiger partial charge in [0.05, 0.1) is 11.3 Å². The number of cyclic esters (lactones) is 1. The molecular weight excluding hydrogens is 392 g/mol. The first kappa shape index (κ1) is 24.0. The van der Waals surface area contributed by atoms with E-state index in [4.69, 9.17) is 9.47 Å². The monoisotopic (exact) mass is 432 g/mol. The highest BCUT2D eigenvalue weighted by Crippen LogP contribution is 2.46. The molecule has 0 aromatic carbocycles. The third-order valence-corrected chi connectivity index (χ3v) is 8.00. The summed E-state index contributed by atoms with van der Waals surface area (Å²) < 4.78 is 11.2. The predicted molar refractivity (Wildman–Crippen MR) is 120 cm³/mol. The zero-order valence-corrected chi connectivity index (χ0v) is 20.0. The van der Waals surface area contributed by atoms with E-state index in [0.717, 1.165) is 25.7 Å². The van der Waals surface area contributed by atoms with Gasteiger partial charge in [-0.15, -0.1) is 0 Å². The lowest BCUT2D eigenvalue weighted by Crippen LogP contribution is -2.43. The van der Waals surface area contributed by atoms with E-state index in [1.807, 2.05) is 27.7 Å². The molecule has 0 radical (unpaired) electrons. The Hall–Kier alpha value is -1.62. The average molecular weight is 433 g/mol. The second kappa shape index (κ2) is 9.48. The van der Waals surface area contributed by atoms with Crippen molar-refractivity contribution in [1.29, 1.82) is 0 Å². The lowest BCUT2D eigenvalue weighted by atomic mass is 9.64. The maximum atomic E-state index is 12.9. The van der Waals surface area contributed by atoms with Crippen LogP contribution in [0.1, 0.15) is 73.6 Å². The normalized spacial score (nSPS) is 38.2. The van der Waals surface area contributed by atoms with E-state index in [-0.39, 0.29) is 35.8 Å². The molecule has 1 saturated heterocycles. The topological polar surface area (TPSA) is 72.8 Å². The molecule has 3 rings (SSSR count). The van der Waals surface area contributed by atoms with Crippen LogP contribution in [-0.4, -0.2) is 29.4 Å². The molecule has 31 heavy (non-hydrogen) atoms. The summed E-state index contributed by atoms with van der Waals surface area (Å²) in [5.41, 5.74) is 0.801. The highest BCUT2D eigenvalue weighted by molar-refractivity contribution is 5.76. The van der Waals surface area contributed by atoms with Gasteiger partial charge in [0.1, 0.15) is 6.10 Å². The van der Waals surface area contributed by atoms with Gasteiger partial charge in [0.25, 0.3) is 0 Å². The van der Waals surface area contributed by atoms with Gasteiger partial charge in [-0.25, -0.2) is 0 Å². The van der Waals surface area contributed by atoms with Crippen molar-refractivity contribution in [2.75, 3.05) is 0 Å². The molecule has 0 spiro atoms. The first-order valence-corrected chi connectivity index (χ1v) is 12.0. The van der Waals surface area contributed by atoms with E-state index >= 15 is 0 Å². The summed E-state index contributed by atoms with van der Waals surface area (Å²) in [5.74, 6) is 0.768. The number of rotatable bonds is 6. The Labute approximate surface area is 187 Å². The fraction of sp³-hybridized carbons (Fsp3) is 0.769. The third kappa shape index (κ3) is 5.24. The van der Waals surface area contributed by atoms with Crippen LogP contribution in [0.25, 0.3) is 0 Å². The molecule has 3 aliphatic rings. The van der Waals surface area contributed by atoms with Gasteiger partial charge in [0.15, 0.2) is 0 Å². The number of ether oxygens (including phenoxy) is 2. The second-order valence-corrected chi connectivity index (χ2v) is 10.7. The third-order valence-electron chi connectivity index (χ3n) is 8.00. The molecule has 0 amide bonds. The Morgan fingerprint density at radius 1 is 1.23 bits per heavy atom. The van der Waals surface area contributed by atoms with Crippen LogP contribution in [0.5, 0.6) is 0 Å². The minimum Gasteiger partial charge on any atom is -0.461 e. The molecule has 0 saturated carbocycles. The summed E-state index contributed by atoms with van der Waals surface area (Å²) in [5, 5.41) is 9.89. The van der Waals surface area contributed by atoms with Crippen molar-refractivity contribution in [3.05, 3.63) is 23.8 Å². The van der Waals surface area contributed by atoms with Gasteiger partial charge in [-0.1, -0.05) is 45.9 Å². The summed E-state index contributed by atoms with van der Waals surface area (Å²) in [4.78, 5) is 24.9. The summed E-state index contributed by atoms with van der Waals surface area (Å²) in [6.45, 7) is 12.2. The van der Waals surface area contributed by atoms with Crippen LogP contribution in [0.4, 0.5) is 0 Å². The molecule has 8 atom stereocenters. The zero-order chi connectivity index (χ0) is 22.9. The number of carbonyl (C=O) groups is 2. The molecule has 1 fully saturated rings. The largest absolute Gasteiger partial charge is 0.461 e. The van der Waals surface area contributed by atoms with Crippen LogP contribution in [0.3, 0.4) is 0 Å². The van der Waals surface area contributed by atoms with Crippen molar-refractivity contribution in [2.24, 2.45) is 40.9 Å². The maximum absolute atomic E-state index is 12.9. The van der Waals surface area contributed by atoms with Crippen LogP contribution < -0.4 is 0 Å². The van der Waals surface area contributed by atoms with Gasteiger partial charge in [0, 0.05) is 12.3 Å². The van der Waals surface area contributed by atoms with Crippen LogP contribution in [0.2, 0.25) is 0 Å². The van der Waals surface area contributed by atoms with Gasteiger partial charge in [-0.3, -0.25) is 9.59 Å². The van der Waals surface area contributed by atoms with Crippen LogP contribution in [0, 0.1) is 40.9 Å². The zero-order valence-electron chi connectivity index (χ0n) is 20.0. The highest BCUT2D eigenvalue weighted by atomic mass is 16.6. The Morgan fingerprint density at radius 2 is 1.94 bits per heavy atom. The summed E-state index contributed by atoms with van der Waals surface area (Å²) >= 11 is 0. The molecule has 5 heteroatoms. The number of aliphatic hydroxyl groups is 1. The Bertz CT molecular complexity index is 736. The second-order valence-electron chi connectivity index (χ2n) is 10.7. The summed E-state index contributed by atoms with van der Waals surface area (Å²) in [7, 11) is 0. The van der Waals surface area contributed by atoms with Crippen molar-refractivity contribution >= 4 is 11.9 Å². The average Bonchev–Trinajstić information content (AvgIpc) is 2.70. The Balaban J connectivity index is 1.78. The fourth-order valence-electron chi connectivity index (χ4n) is 5.38. The van der Waals surface area contributed by atoms with Crippen molar-refractivity contribution in [1.82, 2.24) is 0 Å². The molecule has 0 aromatic heterocycles. The lowest BCUT2D eigenvalue weighted by Gasteiger charge is -2.44. The van der Waals surface area contributed by atoms with Crippen molar-refractivity contribution in [3.8, 4) is 0 Å². The number of esters is 2. The number of aliphatic hydroxyl groups excluding tert-OH is 1. The predicted octanol–water partition coefficient (Wildman–Crippen LogP) is 5.04. The quantitative estimate of drug-likeness (QED) is 0.596. The molecule has 1 heterocycles. The number of allylic oxidation sites excluding steroid dienone is 3. The molecule has 0 bridgehead atoms. The van der Waals surface area contributed by atoms with E-state index in [1.165, 1.54) is 5.57 Å². The minimum absolute atomic E-state index is 0.110. The maximum Gasteiger partial charge on any atom is 0.311 e. The molecule has 0 aromatic rings. The summed E-state index contributed by atoms with van der Waals surface area (Å²) in [6.07, 6.45) is 9.60. The van der Waals surface area contributed by atoms with Crippen LogP contribution >= 0.6 is 0 Å². The van der Waals surface area contributed by atoms with Gasteiger partial charge in [-0.05, 0) is 68.8 Å². The highest BCUT2D eigenvalue weighted by Gasteiger charge is 2.43. The van der Waals surface area contributed by atoms with E-state index in [2.05, 4.69) is 32.1 Å². The molecule has 5 nitrogen and oxygen atoms in total. The molecule has 1 aliphatic heterocycles. The Kier molecular flexibility index (Phi) is 7.35. The van der Waals surface area contributed by atoms with Crippen molar-refractivity contribution in [3.63, 3.8) is 0 Å². The minimum atomic E-state index is -0.992. The van der Waals surface area contributed by atoms with Gasteiger partial charge < -0.3 is 14.6 Å². The van der Waals surface area contributed by atoms with Gasteiger partial charge >= 0.3 is 11.9 Å². The van der Waals surface area contributed by atoms with Gasteiger partial charge in [0.2, 0.25) is 6.29 Å². The fourth-order valence-corrected chi connectivity index (χ4v) is 5.38. The van der Waals surface area contributed by atoms with Crippen LogP contribution in [0.15, 0.2) is 23.8 Å². The lowest BCUT2D eigenvalue weighted by molar-refractivity contribution is -0.190. The molecule has 0 unspecified atom stereocenters. The van der Waals surface area contributed by atoms with E-state index in [0.29, 0.717) is 24.2 Å². The first-order valence-electron chi connectivity index (χ1n) is 12.0. The van der Waals surface area contributed by atoms with E-state index in [9.17, 15) is 14.7 Å². The molecule has 1 N–H and O–H groups in total. The molecule has 2 aliphatic carbocycles. The molecular formula is C26H40O5. The van der Waals surface area contributed by atoms with Gasteiger partial charge in [-0.2, -0.15) is 0 Å². The number of hydrogen-bond donors (Lipinski definition) is 1. The van der Waals surface area contributed by atoms with Crippen molar-refractivity contribution in [2.45, 2.75) is 86.0 Å². The van der Waals surface area contributed by atoms with E-state index < -0.39 is 11.7 Å². The SMILES string of the molecule is CCC(C)(C)C(=O)O[C@H]1C[C@@H](C)C=C2C=C[C@H](C)[C@H](CC[C@@H]3C[C@H](O)OC(=O)[C@H]3C)[C@H]21. The standard InChI is InChI=1S/C26H40O5/c1-7-26(5,6)25(29)30-21-13-15(2)12-19-9-8-16(3)20(23(19)21)11-10-18-14-22(27)31-24(28)17(18)4/h8-9,12,15-18,20-23,27H,7,10-11,13-14H2,1-6H3/t15-,16-,17-,18+,20-,21-,22+,23-/m0/s1. The summed E-state index contributed by atoms with van der Waals surface area (Å²) in [6, 6.07) is 0. The van der Waals surface area contributed by atoms with Crippen molar-refractivity contribution < 1.29 is 24.2 Å².